The third-order valence-electron chi connectivity index (χ3n) is 5.42. The summed E-state index contributed by atoms with van der Waals surface area (Å²) in [6.07, 6.45) is 3.35. The summed E-state index contributed by atoms with van der Waals surface area (Å²) in [5.74, 6) is 1.13. The predicted molar refractivity (Wildman–Crippen MR) is 116 cm³/mol. The molecule has 0 unspecified atom stereocenters. The van der Waals surface area contributed by atoms with Crippen molar-refractivity contribution in [1.82, 2.24) is 9.80 Å². The van der Waals surface area contributed by atoms with Gasteiger partial charge in [0.1, 0.15) is 6.04 Å². The quantitative estimate of drug-likeness (QED) is 0.679. The maximum absolute atomic E-state index is 13.2. The van der Waals surface area contributed by atoms with E-state index in [-0.39, 0.29) is 18.7 Å². The van der Waals surface area contributed by atoms with Crippen molar-refractivity contribution < 1.29 is 19.1 Å². The van der Waals surface area contributed by atoms with E-state index in [2.05, 4.69) is 12.2 Å². The van der Waals surface area contributed by atoms with Gasteiger partial charge in [-0.15, -0.1) is 11.3 Å². The molecule has 0 bridgehead atoms. The van der Waals surface area contributed by atoms with E-state index in [1.54, 1.807) is 34.4 Å². The molecule has 1 aromatic carbocycles. The Labute approximate surface area is 180 Å². The fourth-order valence-corrected chi connectivity index (χ4v) is 4.58. The first-order valence-electron chi connectivity index (χ1n) is 10.4. The van der Waals surface area contributed by atoms with Gasteiger partial charge in [0.25, 0.3) is 0 Å². The van der Waals surface area contributed by atoms with Crippen LogP contribution in [0, 0.1) is 0 Å². The van der Waals surface area contributed by atoms with Crippen molar-refractivity contribution in [2.24, 2.45) is 0 Å². The maximum Gasteiger partial charge on any atom is 0.321 e. The molecule has 2 aromatic rings. The molecule has 1 atom stereocenters. The maximum atomic E-state index is 13.2. The molecule has 1 saturated heterocycles. The van der Waals surface area contributed by atoms with Crippen molar-refractivity contribution in [3.05, 3.63) is 40.6 Å². The van der Waals surface area contributed by atoms with Crippen LogP contribution in [0.15, 0.2) is 35.7 Å². The molecule has 8 heteroatoms. The van der Waals surface area contributed by atoms with Gasteiger partial charge in [0, 0.05) is 29.7 Å². The summed E-state index contributed by atoms with van der Waals surface area (Å²) in [7, 11) is 0. The molecule has 1 N–H and O–H groups in total. The number of unbranched alkanes of at least 4 members (excludes halogenated alkanes) is 1. The highest BCUT2D eigenvalue weighted by Crippen LogP contribution is 2.34. The molecule has 2 aliphatic rings. The average Bonchev–Trinajstić information content (AvgIpc) is 3.42. The Kier molecular flexibility index (Phi) is 6.42. The van der Waals surface area contributed by atoms with Crippen LogP contribution in [0.1, 0.15) is 37.5 Å². The first-order valence-corrected chi connectivity index (χ1v) is 11.3. The first-order chi connectivity index (χ1) is 14.7. The summed E-state index contributed by atoms with van der Waals surface area (Å²) >= 11 is 1.65. The lowest BCUT2D eigenvalue weighted by molar-refractivity contribution is -0.121. The van der Waals surface area contributed by atoms with E-state index in [0.29, 0.717) is 36.7 Å². The number of carbonyl (C=O) groups excluding carboxylic acids is 2. The number of hydrogen-bond donors (Lipinski definition) is 1. The van der Waals surface area contributed by atoms with Crippen LogP contribution in [0.3, 0.4) is 0 Å². The van der Waals surface area contributed by atoms with Crippen LogP contribution in [0.25, 0.3) is 0 Å². The van der Waals surface area contributed by atoms with Crippen LogP contribution < -0.4 is 14.8 Å². The van der Waals surface area contributed by atoms with Crippen LogP contribution >= 0.6 is 11.3 Å². The van der Waals surface area contributed by atoms with Gasteiger partial charge in [0.2, 0.25) is 12.7 Å². The fraction of sp³-hybridized carbons (Fsp3) is 0.455. The van der Waals surface area contributed by atoms with Crippen molar-refractivity contribution in [3.63, 3.8) is 0 Å². The van der Waals surface area contributed by atoms with Crippen LogP contribution in [-0.4, -0.2) is 47.7 Å². The lowest BCUT2D eigenvalue weighted by atomic mass is 10.1. The molecular weight excluding hydrogens is 402 g/mol. The Morgan fingerprint density at radius 2 is 2.10 bits per heavy atom. The normalized spacial score (nSPS) is 16.6. The molecule has 1 fully saturated rings. The molecule has 0 spiro atoms. The molecule has 2 aliphatic heterocycles. The Morgan fingerprint density at radius 3 is 2.90 bits per heavy atom. The lowest BCUT2D eigenvalue weighted by Gasteiger charge is -2.39. The van der Waals surface area contributed by atoms with Crippen LogP contribution in [-0.2, 0) is 11.3 Å². The van der Waals surface area contributed by atoms with E-state index in [9.17, 15) is 9.59 Å². The monoisotopic (exact) mass is 429 g/mol. The van der Waals surface area contributed by atoms with Crippen molar-refractivity contribution >= 4 is 29.0 Å². The van der Waals surface area contributed by atoms with Gasteiger partial charge >= 0.3 is 6.03 Å². The van der Waals surface area contributed by atoms with E-state index in [0.717, 1.165) is 30.7 Å². The molecule has 3 heterocycles. The number of benzene rings is 1. The minimum atomic E-state index is -0.492. The molecule has 1 aromatic heterocycles. The van der Waals surface area contributed by atoms with E-state index in [1.165, 1.54) is 0 Å². The van der Waals surface area contributed by atoms with Gasteiger partial charge in [0.05, 0.1) is 6.54 Å². The molecular formula is C22H27N3O4S. The van der Waals surface area contributed by atoms with Gasteiger partial charge in [-0.2, -0.15) is 0 Å². The number of urea groups is 1. The predicted octanol–water partition coefficient (Wildman–Crippen LogP) is 4.30. The van der Waals surface area contributed by atoms with Gasteiger partial charge < -0.3 is 24.6 Å². The van der Waals surface area contributed by atoms with E-state index < -0.39 is 6.04 Å². The summed E-state index contributed by atoms with van der Waals surface area (Å²) in [5.41, 5.74) is 0.644. The van der Waals surface area contributed by atoms with Crippen LogP contribution in [0.2, 0.25) is 0 Å². The summed E-state index contributed by atoms with van der Waals surface area (Å²) in [6.45, 7) is 4.19. The molecule has 3 amide bonds. The van der Waals surface area contributed by atoms with Gasteiger partial charge in [0.15, 0.2) is 11.5 Å². The second-order valence-electron chi connectivity index (χ2n) is 7.55. The standard InChI is InChI=1S/C22H27N3O4S/c1-2-3-7-18(21(26)23-16-8-9-19-20(13-16)29-15-28-19)25-11-5-10-24(22(25)27)14-17-6-4-12-30-17/h4,6,8-9,12-13,18H,2-3,5,7,10-11,14-15H2,1H3,(H,23,26)/t18-/m0/s1. The zero-order valence-corrected chi connectivity index (χ0v) is 18.0. The number of hydrogen-bond acceptors (Lipinski definition) is 5. The number of nitrogens with one attached hydrogen (secondary N) is 1. The summed E-state index contributed by atoms with van der Waals surface area (Å²) < 4.78 is 10.7. The Hall–Kier alpha value is -2.74. The number of anilines is 1. The zero-order valence-electron chi connectivity index (χ0n) is 17.1. The lowest BCUT2D eigenvalue weighted by Crippen LogP contribution is -2.56. The number of carbonyl (C=O) groups is 2. The molecule has 0 saturated carbocycles. The number of rotatable bonds is 8. The highest BCUT2D eigenvalue weighted by Gasteiger charge is 2.35. The summed E-state index contributed by atoms with van der Waals surface area (Å²) in [5, 5.41) is 4.99. The zero-order chi connectivity index (χ0) is 20.9. The largest absolute Gasteiger partial charge is 0.454 e. The van der Waals surface area contributed by atoms with Gasteiger partial charge in [-0.1, -0.05) is 25.8 Å². The number of fused-ring (bicyclic) bond motifs is 1. The Bertz CT molecular complexity index is 887. The van der Waals surface area contributed by atoms with Crippen molar-refractivity contribution in [2.75, 3.05) is 25.2 Å². The van der Waals surface area contributed by atoms with Crippen LogP contribution in [0.5, 0.6) is 11.5 Å². The smallest absolute Gasteiger partial charge is 0.321 e. The first kappa shape index (κ1) is 20.5. The molecule has 7 nitrogen and oxygen atoms in total. The summed E-state index contributed by atoms with van der Waals surface area (Å²) in [6, 6.07) is 8.83. The van der Waals surface area contributed by atoms with Crippen LogP contribution in [0.4, 0.5) is 10.5 Å². The molecule has 160 valence electrons. The SMILES string of the molecule is CCCC[C@@H](C(=O)Nc1ccc2c(c1)OCO2)N1CCCN(Cc2cccs2)C1=O. The highest BCUT2D eigenvalue weighted by atomic mass is 32.1. The van der Waals surface area contributed by atoms with Crippen molar-refractivity contribution in [2.45, 2.75) is 45.2 Å². The van der Waals surface area contributed by atoms with Gasteiger partial charge in [-0.05, 0) is 36.4 Å². The Morgan fingerprint density at radius 1 is 1.23 bits per heavy atom. The van der Waals surface area contributed by atoms with Gasteiger partial charge in [-0.3, -0.25) is 4.79 Å². The number of thiophene rings is 1. The molecule has 4 rings (SSSR count). The fourth-order valence-electron chi connectivity index (χ4n) is 3.86. The van der Waals surface area contributed by atoms with E-state index in [4.69, 9.17) is 9.47 Å². The number of ether oxygens (including phenoxy) is 2. The third kappa shape index (κ3) is 4.53. The topological polar surface area (TPSA) is 71.1 Å². The second kappa shape index (κ2) is 9.38. The molecule has 30 heavy (non-hydrogen) atoms. The second-order valence-corrected chi connectivity index (χ2v) is 8.58. The minimum Gasteiger partial charge on any atom is -0.454 e. The third-order valence-corrected chi connectivity index (χ3v) is 6.28. The van der Waals surface area contributed by atoms with Gasteiger partial charge in [-0.25, -0.2) is 4.79 Å². The highest BCUT2D eigenvalue weighted by molar-refractivity contribution is 7.09. The average molecular weight is 430 g/mol. The minimum absolute atomic E-state index is 0.0587. The van der Waals surface area contributed by atoms with Crippen molar-refractivity contribution in [1.29, 1.82) is 0 Å². The van der Waals surface area contributed by atoms with Crippen molar-refractivity contribution in [3.8, 4) is 11.5 Å². The number of nitrogens with zero attached hydrogens (tertiary/aromatic N) is 2. The summed E-state index contributed by atoms with van der Waals surface area (Å²) in [4.78, 5) is 31.1. The molecule has 0 aliphatic carbocycles. The van der Waals surface area contributed by atoms with E-state index in [1.807, 2.05) is 22.4 Å². The van der Waals surface area contributed by atoms with E-state index >= 15 is 0 Å². The number of amides is 3. The Balaban J connectivity index is 1.47. The molecule has 0 radical (unpaired) electrons.